The molecule has 1 amide bonds. The molecule has 0 radical (unpaired) electrons. The van der Waals surface area contributed by atoms with Crippen molar-refractivity contribution in [3.63, 3.8) is 0 Å². The molecule has 0 saturated heterocycles. The Hall–Kier alpha value is -1.88. The second-order valence-corrected chi connectivity index (χ2v) is 4.49. The van der Waals surface area contributed by atoms with Gasteiger partial charge in [0.25, 0.3) is 0 Å². The van der Waals surface area contributed by atoms with E-state index in [2.05, 4.69) is 10.1 Å². The number of methoxy groups -OCH3 is 1. The first-order valence-electron chi connectivity index (χ1n) is 6.19. The van der Waals surface area contributed by atoms with Crippen LogP contribution in [-0.2, 0) is 20.7 Å². The van der Waals surface area contributed by atoms with Crippen molar-refractivity contribution in [1.82, 2.24) is 5.32 Å². The molecule has 5 heteroatoms. The molecule has 2 atom stereocenters. The molecule has 0 aromatic heterocycles. The molecule has 0 heterocycles. The summed E-state index contributed by atoms with van der Waals surface area (Å²) in [6.45, 7) is 1.74. The van der Waals surface area contributed by atoms with E-state index in [-0.39, 0.29) is 24.3 Å². The molecule has 2 unspecified atom stereocenters. The first-order valence-corrected chi connectivity index (χ1v) is 6.19. The molecule has 5 nitrogen and oxygen atoms in total. The lowest BCUT2D eigenvalue weighted by Gasteiger charge is -2.16. The molecule has 0 aliphatic heterocycles. The highest BCUT2D eigenvalue weighted by atomic mass is 16.5. The van der Waals surface area contributed by atoms with Crippen LogP contribution in [0, 0.1) is 0 Å². The summed E-state index contributed by atoms with van der Waals surface area (Å²) < 4.78 is 4.54. The predicted octanol–water partition coefficient (Wildman–Crippen LogP) is 0.624. The summed E-state index contributed by atoms with van der Waals surface area (Å²) in [7, 11) is 1.32. The third kappa shape index (κ3) is 5.52. The predicted molar refractivity (Wildman–Crippen MR) is 72.4 cm³/mol. The Kier molecular flexibility index (Phi) is 6.02. The molecular weight excluding hydrogens is 244 g/mol. The molecule has 104 valence electrons. The van der Waals surface area contributed by atoms with Gasteiger partial charge in [0.1, 0.15) is 0 Å². The van der Waals surface area contributed by atoms with Crippen molar-refractivity contribution >= 4 is 11.9 Å². The summed E-state index contributed by atoms with van der Waals surface area (Å²) in [5.41, 5.74) is 6.84. The molecule has 19 heavy (non-hydrogen) atoms. The molecule has 3 N–H and O–H groups in total. The van der Waals surface area contributed by atoms with Crippen molar-refractivity contribution in [3.05, 3.63) is 35.9 Å². The van der Waals surface area contributed by atoms with Gasteiger partial charge in [-0.15, -0.1) is 0 Å². The van der Waals surface area contributed by atoms with Crippen LogP contribution in [0.2, 0.25) is 0 Å². The van der Waals surface area contributed by atoms with Gasteiger partial charge in [-0.1, -0.05) is 30.3 Å². The van der Waals surface area contributed by atoms with Crippen LogP contribution in [0.5, 0.6) is 0 Å². The summed E-state index contributed by atoms with van der Waals surface area (Å²) in [6, 6.07) is 8.65. The molecule has 0 saturated carbocycles. The van der Waals surface area contributed by atoms with Crippen LogP contribution in [0.3, 0.4) is 0 Å². The van der Waals surface area contributed by atoms with Gasteiger partial charge in [-0.2, -0.15) is 0 Å². The SMILES string of the molecule is COC(=O)CC(C)NC(=O)C(N)Cc1ccccc1. The molecule has 0 aliphatic carbocycles. The van der Waals surface area contributed by atoms with Gasteiger partial charge in [0, 0.05) is 6.04 Å². The summed E-state index contributed by atoms with van der Waals surface area (Å²) in [6.07, 6.45) is 0.609. The number of carbonyl (C=O) groups excluding carboxylic acids is 2. The Morgan fingerprint density at radius 1 is 1.32 bits per heavy atom. The quantitative estimate of drug-likeness (QED) is 0.738. The Morgan fingerprint density at radius 2 is 1.95 bits per heavy atom. The van der Waals surface area contributed by atoms with Crippen LogP contribution in [-0.4, -0.2) is 31.1 Å². The van der Waals surface area contributed by atoms with Crippen molar-refractivity contribution in [2.45, 2.75) is 31.8 Å². The zero-order valence-corrected chi connectivity index (χ0v) is 11.3. The molecule has 1 aromatic carbocycles. The monoisotopic (exact) mass is 264 g/mol. The number of esters is 1. The van der Waals surface area contributed by atoms with Gasteiger partial charge in [-0.3, -0.25) is 9.59 Å². The van der Waals surface area contributed by atoms with E-state index >= 15 is 0 Å². The van der Waals surface area contributed by atoms with E-state index in [1.54, 1.807) is 6.92 Å². The van der Waals surface area contributed by atoms with Crippen LogP contribution in [0.25, 0.3) is 0 Å². The van der Waals surface area contributed by atoms with Gasteiger partial charge in [-0.05, 0) is 18.9 Å². The Morgan fingerprint density at radius 3 is 2.53 bits per heavy atom. The number of nitrogens with one attached hydrogen (secondary N) is 1. The van der Waals surface area contributed by atoms with Crippen LogP contribution >= 0.6 is 0 Å². The third-order valence-corrected chi connectivity index (χ3v) is 2.72. The van der Waals surface area contributed by atoms with Gasteiger partial charge < -0.3 is 15.8 Å². The fraction of sp³-hybridized carbons (Fsp3) is 0.429. The molecule has 0 aliphatic rings. The maximum absolute atomic E-state index is 11.8. The second kappa shape index (κ2) is 7.53. The smallest absolute Gasteiger partial charge is 0.307 e. The molecule has 0 spiro atoms. The second-order valence-electron chi connectivity index (χ2n) is 4.49. The standard InChI is InChI=1S/C14H20N2O3/c1-10(8-13(17)19-2)16-14(18)12(15)9-11-6-4-3-5-7-11/h3-7,10,12H,8-9,15H2,1-2H3,(H,16,18). The van der Waals surface area contributed by atoms with Crippen molar-refractivity contribution in [2.24, 2.45) is 5.73 Å². The average Bonchev–Trinajstić information content (AvgIpc) is 2.39. The number of amides is 1. The minimum Gasteiger partial charge on any atom is -0.469 e. The number of hydrogen-bond donors (Lipinski definition) is 2. The highest BCUT2D eigenvalue weighted by molar-refractivity contribution is 5.82. The molecule has 0 bridgehead atoms. The van der Waals surface area contributed by atoms with E-state index in [1.165, 1.54) is 7.11 Å². The lowest BCUT2D eigenvalue weighted by molar-refractivity contribution is -0.141. The van der Waals surface area contributed by atoms with Gasteiger partial charge in [0.2, 0.25) is 5.91 Å². The Labute approximate surface area is 113 Å². The van der Waals surface area contributed by atoms with E-state index in [0.29, 0.717) is 6.42 Å². The lowest BCUT2D eigenvalue weighted by atomic mass is 10.1. The summed E-state index contributed by atoms with van der Waals surface area (Å²) in [5.74, 6) is -0.621. The van der Waals surface area contributed by atoms with Crippen molar-refractivity contribution in [1.29, 1.82) is 0 Å². The van der Waals surface area contributed by atoms with Crippen molar-refractivity contribution < 1.29 is 14.3 Å². The van der Waals surface area contributed by atoms with Crippen molar-refractivity contribution in [3.8, 4) is 0 Å². The average molecular weight is 264 g/mol. The fourth-order valence-corrected chi connectivity index (χ4v) is 1.69. The number of hydrogen-bond acceptors (Lipinski definition) is 4. The fourth-order valence-electron chi connectivity index (χ4n) is 1.69. The zero-order chi connectivity index (χ0) is 14.3. The van der Waals surface area contributed by atoms with Crippen LogP contribution in [0.4, 0.5) is 0 Å². The van der Waals surface area contributed by atoms with E-state index in [0.717, 1.165) is 5.56 Å². The van der Waals surface area contributed by atoms with E-state index < -0.39 is 6.04 Å². The van der Waals surface area contributed by atoms with Crippen molar-refractivity contribution in [2.75, 3.05) is 7.11 Å². The summed E-state index contributed by atoms with van der Waals surface area (Å²) >= 11 is 0. The van der Waals surface area contributed by atoms with E-state index in [1.807, 2.05) is 30.3 Å². The van der Waals surface area contributed by atoms with Gasteiger partial charge in [0.05, 0.1) is 19.6 Å². The topological polar surface area (TPSA) is 81.4 Å². The number of benzene rings is 1. The first kappa shape index (κ1) is 15.2. The normalized spacial score (nSPS) is 13.4. The van der Waals surface area contributed by atoms with Gasteiger partial charge in [0.15, 0.2) is 0 Å². The number of nitrogens with two attached hydrogens (primary N) is 1. The first-order chi connectivity index (χ1) is 9.02. The van der Waals surface area contributed by atoms with Gasteiger partial charge >= 0.3 is 5.97 Å². The van der Waals surface area contributed by atoms with Crippen LogP contribution in [0.15, 0.2) is 30.3 Å². The number of carbonyl (C=O) groups is 2. The molecule has 1 aromatic rings. The number of ether oxygens (including phenoxy) is 1. The zero-order valence-electron chi connectivity index (χ0n) is 11.3. The maximum atomic E-state index is 11.8. The molecule has 1 rings (SSSR count). The lowest BCUT2D eigenvalue weighted by Crippen LogP contribution is -2.46. The minimum atomic E-state index is -0.623. The van der Waals surface area contributed by atoms with Gasteiger partial charge in [-0.25, -0.2) is 0 Å². The number of rotatable bonds is 6. The Bertz CT molecular complexity index is 420. The summed E-state index contributed by atoms with van der Waals surface area (Å²) in [4.78, 5) is 22.9. The maximum Gasteiger partial charge on any atom is 0.307 e. The largest absolute Gasteiger partial charge is 0.469 e. The third-order valence-electron chi connectivity index (χ3n) is 2.72. The summed E-state index contributed by atoms with van der Waals surface area (Å²) in [5, 5.41) is 2.70. The van der Waals surface area contributed by atoms with Crippen LogP contribution < -0.4 is 11.1 Å². The van der Waals surface area contributed by atoms with Crippen LogP contribution in [0.1, 0.15) is 18.9 Å². The molecule has 0 fully saturated rings. The highest BCUT2D eigenvalue weighted by Gasteiger charge is 2.17. The Balaban J connectivity index is 2.42. The van der Waals surface area contributed by atoms with E-state index in [9.17, 15) is 9.59 Å². The highest BCUT2D eigenvalue weighted by Crippen LogP contribution is 2.02. The minimum absolute atomic E-state index is 0.139. The molecular formula is C14H20N2O3. The van der Waals surface area contributed by atoms with E-state index in [4.69, 9.17) is 5.73 Å².